The first-order chi connectivity index (χ1) is 13.4. The molecule has 1 amide bonds. The van der Waals surface area contributed by atoms with E-state index in [1.54, 1.807) is 11.8 Å². The molecule has 0 saturated heterocycles. The zero-order valence-electron chi connectivity index (χ0n) is 16.9. The van der Waals surface area contributed by atoms with Gasteiger partial charge in [-0.3, -0.25) is 4.79 Å². The molecule has 0 bridgehead atoms. The molecule has 0 saturated carbocycles. The van der Waals surface area contributed by atoms with Crippen molar-refractivity contribution in [3.05, 3.63) is 66.4 Å². The first kappa shape index (κ1) is 22.5. The van der Waals surface area contributed by atoms with Crippen molar-refractivity contribution in [2.45, 2.75) is 25.8 Å². The van der Waals surface area contributed by atoms with E-state index in [0.717, 1.165) is 28.3 Å². The number of nitrogens with zero attached hydrogens (tertiary/aromatic N) is 2. The number of halogens is 1. The minimum absolute atomic E-state index is 0. The fraction of sp³-hybridized carbons (Fsp3) is 0.273. The van der Waals surface area contributed by atoms with Gasteiger partial charge in [0.15, 0.2) is 0 Å². The Kier molecular flexibility index (Phi) is 7.42. The number of hydrogen-bond donors (Lipinski definition) is 2. The molecule has 2 aromatic carbocycles. The number of methoxy groups -OCH3 is 1. The monoisotopic (exact) mass is 414 g/mol. The lowest BCUT2D eigenvalue weighted by atomic mass is 10.0. The van der Waals surface area contributed by atoms with Gasteiger partial charge in [-0.25, -0.2) is 4.68 Å². The number of hydrogen-bond acceptors (Lipinski definition) is 4. The molecular formula is C22H27ClN4O2. The van der Waals surface area contributed by atoms with Crippen molar-refractivity contribution in [2.24, 2.45) is 5.73 Å². The number of amides is 1. The summed E-state index contributed by atoms with van der Waals surface area (Å²) < 4.78 is 7.04. The maximum absolute atomic E-state index is 12.6. The normalized spacial score (nSPS) is 10.9. The van der Waals surface area contributed by atoms with Crippen molar-refractivity contribution in [3.63, 3.8) is 0 Å². The van der Waals surface area contributed by atoms with Crippen LogP contribution < -0.4 is 15.8 Å². The van der Waals surface area contributed by atoms with Crippen LogP contribution >= 0.6 is 12.4 Å². The molecule has 3 aromatic rings. The van der Waals surface area contributed by atoms with Gasteiger partial charge in [0.1, 0.15) is 5.75 Å². The summed E-state index contributed by atoms with van der Waals surface area (Å²) in [5.41, 5.74) is 8.76. The standard InChI is InChI=1S/C22H26N4O2.ClH/c1-22(2,15-23)24-20(27)13-17-14-26(18-7-5-4-6-8-18)25-21(17)16-9-11-19(28-3)12-10-16;/h4-12,14H,13,15,23H2,1-3H3,(H,24,27);1H. The molecule has 6 nitrogen and oxygen atoms in total. The Labute approximate surface area is 177 Å². The second kappa shape index (κ2) is 9.58. The average Bonchev–Trinajstić information content (AvgIpc) is 3.12. The van der Waals surface area contributed by atoms with Crippen molar-refractivity contribution < 1.29 is 9.53 Å². The smallest absolute Gasteiger partial charge is 0.225 e. The third-order valence-corrected chi connectivity index (χ3v) is 4.51. The highest BCUT2D eigenvalue weighted by Crippen LogP contribution is 2.26. The van der Waals surface area contributed by atoms with Crippen LogP contribution in [0.5, 0.6) is 5.75 Å². The molecule has 0 radical (unpaired) electrons. The summed E-state index contributed by atoms with van der Waals surface area (Å²) >= 11 is 0. The van der Waals surface area contributed by atoms with E-state index in [1.165, 1.54) is 0 Å². The maximum atomic E-state index is 12.6. The first-order valence-corrected chi connectivity index (χ1v) is 9.21. The number of ether oxygens (including phenoxy) is 1. The molecule has 3 N–H and O–H groups in total. The predicted octanol–water partition coefficient (Wildman–Crippen LogP) is 3.37. The van der Waals surface area contributed by atoms with Gasteiger partial charge in [0.2, 0.25) is 5.91 Å². The number of nitrogens with one attached hydrogen (secondary N) is 1. The largest absolute Gasteiger partial charge is 0.497 e. The maximum Gasteiger partial charge on any atom is 0.225 e. The van der Waals surface area contributed by atoms with Gasteiger partial charge in [-0.2, -0.15) is 5.10 Å². The molecule has 0 spiro atoms. The predicted molar refractivity (Wildman–Crippen MR) is 118 cm³/mol. The summed E-state index contributed by atoms with van der Waals surface area (Å²) in [5, 5.41) is 7.73. The second-order valence-corrected chi connectivity index (χ2v) is 7.32. The van der Waals surface area contributed by atoms with Crippen molar-refractivity contribution in [3.8, 4) is 22.7 Å². The van der Waals surface area contributed by atoms with Gasteiger partial charge < -0.3 is 15.8 Å². The number of benzene rings is 2. The summed E-state index contributed by atoms with van der Waals surface area (Å²) in [6.45, 7) is 4.18. The van der Waals surface area contributed by atoms with E-state index in [1.807, 2.05) is 74.6 Å². The Morgan fingerprint density at radius 3 is 2.38 bits per heavy atom. The number of nitrogens with two attached hydrogens (primary N) is 1. The molecular weight excluding hydrogens is 388 g/mol. The molecule has 1 heterocycles. The van der Waals surface area contributed by atoms with Crippen LogP contribution in [0.2, 0.25) is 0 Å². The Balaban J connectivity index is 0.00000300. The summed E-state index contributed by atoms with van der Waals surface area (Å²) in [7, 11) is 1.63. The van der Waals surface area contributed by atoms with Gasteiger partial charge in [-0.05, 0) is 50.2 Å². The van der Waals surface area contributed by atoms with Gasteiger partial charge in [0.05, 0.1) is 24.9 Å². The van der Waals surface area contributed by atoms with Crippen LogP contribution in [0.25, 0.3) is 16.9 Å². The van der Waals surface area contributed by atoms with Crippen molar-refractivity contribution in [1.29, 1.82) is 0 Å². The third kappa shape index (κ3) is 5.59. The third-order valence-electron chi connectivity index (χ3n) is 4.51. The summed E-state index contributed by atoms with van der Waals surface area (Å²) in [4.78, 5) is 12.6. The minimum atomic E-state index is -0.452. The van der Waals surface area contributed by atoms with Crippen LogP contribution in [0.1, 0.15) is 19.4 Å². The highest BCUT2D eigenvalue weighted by molar-refractivity contribution is 5.85. The van der Waals surface area contributed by atoms with E-state index in [2.05, 4.69) is 5.32 Å². The van der Waals surface area contributed by atoms with E-state index in [-0.39, 0.29) is 24.7 Å². The molecule has 0 unspecified atom stereocenters. The number of carbonyl (C=O) groups excluding carboxylic acids is 1. The second-order valence-electron chi connectivity index (χ2n) is 7.32. The van der Waals surface area contributed by atoms with Crippen LogP contribution in [0.15, 0.2) is 60.8 Å². The van der Waals surface area contributed by atoms with Crippen LogP contribution in [0.3, 0.4) is 0 Å². The van der Waals surface area contributed by atoms with Crippen LogP contribution in [0, 0.1) is 0 Å². The highest BCUT2D eigenvalue weighted by Gasteiger charge is 2.21. The molecule has 3 rings (SSSR count). The van der Waals surface area contributed by atoms with Gasteiger partial charge in [0.25, 0.3) is 0 Å². The summed E-state index contributed by atoms with van der Waals surface area (Å²) in [6.07, 6.45) is 2.13. The van der Waals surface area contributed by atoms with Gasteiger partial charge >= 0.3 is 0 Å². The molecule has 154 valence electrons. The van der Waals surface area contributed by atoms with E-state index >= 15 is 0 Å². The van der Waals surface area contributed by atoms with Gasteiger partial charge in [-0.15, -0.1) is 12.4 Å². The van der Waals surface area contributed by atoms with E-state index in [0.29, 0.717) is 6.54 Å². The lowest BCUT2D eigenvalue weighted by Gasteiger charge is -2.24. The van der Waals surface area contributed by atoms with Gasteiger partial charge in [0, 0.05) is 29.4 Å². The first-order valence-electron chi connectivity index (χ1n) is 9.21. The van der Waals surface area contributed by atoms with Crippen LogP contribution in [-0.4, -0.2) is 34.9 Å². The van der Waals surface area contributed by atoms with Crippen molar-refractivity contribution >= 4 is 18.3 Å². The molecule has 1 aromatic heterocycles. The minimum Gasteiger partial charge on any atom is -0.497 e. The number of aromatic nitrogens is 2. The fourth-order valence-corrected chi connectivity index (χ4v) is 2.89. The lowest BCUT2D eigenvalue weighted by molar-refractivity contribution is -0.121. The van der Waals surface area contributed by atoms with Crippen LogP contribution in [-0.2, 0) is 11.2 Å². The number of para-hydroxylation sites is 1. The molecule has 0 aliphatic heterocycles. The summed E-state index contributed by atoms with van der Waals surface area (Å²) in [6, 6.07) is 17.5. The van der Waals surface area contributed by atoms with E-state index in [4.69, 9.17) is 15.6 Å². The lowest BCUT2D eigenvalue weighted by Crippen LogP contribution is -2.49. The quantitative estimate of drug-likeness (QED) is 0.621. The number of rotatable bonds is 7. The van der Waals surface area contributed by atoms with Crippen LogP contribution in [0.4, 0.5) is 0 Å². The average molecular weight is 415 g/mol. The zero-order valence-corrected chi connectivity index (χ0v) is 17.7. The SMILES string of the molecule is COc1ccc(-c2nn(-c3ccccc3)cc2CC(=O)NC(C)(C)CN)cc1.Cl. The van der Waals surface area contributed by atoms with E-state index in [9.17, 15) is 4.79 Å². The van der Waals surface area contributed by atoms with Gasteiger partial charge in [-0.1, -0.05) is 18.2 Å². The Hall–Kier alpha value is -2.83. The number of carbonyl (C=O) groups is 1. The molecule has 0 atom stereocenters. The van der Waals surface area contributed by atoms with E-state index < -0.39 is 5.54 Å². The van der Waals surface area contributed by atoms with Crippen molar-refractivity contribution in [2.75, 3.05) is 13.7 Å². The molecule has 29 heavy (non-hydrogen) atoms. The Morgan fingerprint density at radius 2 is 1.79 bits per heavy atom. The Morgan fingerprint density at radius 1 is 1.14 bits per heavy atom. The zero-order chi connectivity index (χ0) is 20.1. The highest BCUT2D eigenvalue weighted by atomic mass is 35.5. The molecule has 7 heteroatoms. The summed E-state index contributed by atoms with van der Waals surface area (Å²) in [5.74, 6) is 0.688. The molecule has 0 fully saturated rings. The fourth-order valence-electron chi connectivity index (χ4n) is 2.89. The molecule has 0 aliphatic carbocycles. The molecule has 0 aliphatic rings. The Bertz CT molecular complexity index is 937. The van der Waals surface area contributed by atoms with Crippen molar-refractivity contribution in [1.82, 2.24) is 15.1 Å². The topological polar surface area (TPSA) is 82.2 Å².